The molecule has 1 fully saturated rings. The Kier molecular flexibility index (Phi) is 6.64. The molecule has 1 saturated heterocycles. The van der Waals surface area contributed by atoms with Crippen molar-refractivity contribution in [3.05, 3.63) is 52.0 Å². The van der Waals surface area contributed by atoms with E-state index in [0.717, 1.165) is 22.4 Å². The standard InChI is InChI=1S/C26H29N3O5S/c1-17(15-27(2)3)12-23(31)29-8-11-33-22-5-4-18(13-20(22)29)19-16-35-26-21(30)14-24(34-25(19)26)28-6-9-32-10-7-28/h4-5,13-14,16H,1,6-12,15H2,2-3H3. The molecular formula is C26H29N3O5S. The lowest BCUT2D eigenvalue weighted by Gasteiger charge is -2.30. The van der Waals surface area contributed by atoms with Crippen LogP contribution in [0.2, 0.25) is 0 Å². The van der Waals surface area contributed by atoms with Gasteiger partial charge in [0.05, 0.1) is 25.4 Å². The molecule has 2 aliphatic rings. The van der Waals surface area contributed by atoms with Crippen molar-refractivity contribution in [3.63, 3.8) is 0 Å². The molecular weight excluding hydrogens is 466 g/mol. The fourth-order valence-electron chi connectivity index (χ4n) is 4.53. The first-order chi connectivity index (χ1) is 16.9. The highest BCUT2D eigenvalue weighted by Gasteiger charge is 2.26. The molecule has 35 heavy (non-hydrogen) atoms. The van der Waals surface area contributed by atoms with Gasteiger partial charge in [-0.05, 0) is 31.8 Å². The van der Waals surface area contributed by atoms with Gasteiger partial charge < -0.3 is 28.6 Å². The molecule has 4 heterocycles. The van der Waals surface area contributed by atoms with Gasteiger partial charge in [0.15, 0.2) is 11.5 Å². The first kappa shape index (κ1) is 23.6. The summed E-state index contributed by atoms with van der Waals surface area (Å²) < 4.78 is 18.1. The van der Waals surface area contributed by atoms with Crippen LogP contribution in [0.1, 0.15) is 6.42 Å². The second-order valence-corrected chi connectivity index (χ2v) is 9.98. The molecule has 2 aromatic heterocycles. The van der Waals surface area contributed by atoms with Crippen LogP contribution in [-0.2, 0) is 9.53 Å². The monoisotopic (exact) mass is 495 g/mol. The molecule has 5 rings (SSSR count). The second kappa shape index (κ2) is 9.85. The predicted octanol–water partition coefficient (Wildman–Crippen LogP) is 3.59. The molecule has 0 spiro atoms. The van der Waals surface area contributed by atoms with Crippen molar-refractivity contribution in [1.82, 2.24) is 4.90 Å². The molecule has 184 valence electrons. The van der Waals surface area contributed by atoms with Crippen molar-refractivity contribution < 1.29 is 18.7 Å². The smallest absolute Gasteiger partial charge is 0.231 e. The molecule has 1 aromatic carbocycles. The third kappa shape index (κ3) is 4.84. The van der Waals surface area contributed by atoms with Gasteiger partial charge in [0.2, 0.25) is 11.3 Å². The molecule has 0 radical (unpaired) electrons. The SMILES string of the molecule is C=C(CC(=O)N1CCOc2ccc(-c3csc4c(=O)cc(N5CCOCC5)oc34)cc21)CN(C)C. The third-order valence-electron chi connectivity index (χ3n) is 6.13. The maximum atomic E-state index is 13.1. The van der Waals surface area contributed by atoms with Gasteiger partial charge in [0.1, 0.15) is 17.1 Å². The summed E-state index contributed by atoms with van der Waals surface area (Å²) in [6, 6.07) is 7.34. The molecule has 0 N–H and O–H groups in total. The average Bonchev–Trinajstić information content (AvgIpc) is 3.28. The number of carbonyl (C=O) groups excluding carboxylic acids is 1. The van der Waals surface area contributed by atoms with E-state index in [1.54, 1.807) is 11.0 Å². The van der Waals surface area contributed by atoms with Crippen molar-refractivity contribution in [2.24, 2.45) is 0 Å². The van der Waals surface area contributed by atoms with Gasteiger partial charge in [0.25, 0.3) is 0 Å². The van der Waals surface area contributed by atoms with Gasteiger partial charge in [-0.3, -0.25) is 9.59 Å². The summed E-state index contributed by atoms with van der Waals surface area (Å²) in [6.45, 7) is 8.21. The van der Waals surface area contributed by atoms with E-state index in [4.69, 9.17) is 13.9 Å². The fraction of sp³-hybridized carbons (Fsp3) is 0.385. The Hall–Kier alpha value is -3.14. The molecule has 3 aromatic rings. The number of hydrogen-bond donors (Lipinski definition) is 0. The van der Waals surface area contributed by atoms with Gasteiger partial charge in [-0.1, -0.05) is 18.2 Å². The molecule has 0 saturated carbocycles. The highest BCUT2D eigenvalue weighted by atomic mass is 32.1. The van der Waals surface area contributed by atoms with E-state index in [-0.39, 0.29) is 17.8 Å². The van der Waals surface area contributed by atoms with E-state index in [1.165, 1.54) is 11.3 Å². The lowest BCUT2D eigenvalue weighted by molar-refractivity contribution is -0.118. The Labute approximate surface area is 207 Å². The molecule has 1 amide bonds. The van der Waals surface area contributed by atoms with Gasteiger partial charge in [-0.2, -0.15) is 0 Å². The Bertz CT molecular complexity index is 1320. The van der Waals surface area contributed by atoms with E-state index < -0.39 is 0 Å². The van der Waals surface area contributed by atoms with Crippen LogP contribution in [0.4, 0.5) is 11.6 Å². The largest absolute Gasteiger partial charge is 0.490 e. The number of ether oxygens (including phenoxy) is 2. The molecule has 8 nitrogen and oxygen atoms in total. The average molecular weight is 496 g/mol. The van der Waals surface area contributed by atoms with Crippen molar-refractivity contribution in [3.8, 4) is 16.9 Å². The number of likely N-dealkylation sites (N-methyl/N-ethyl adjacent to an activating group) is 1. The fourth-order valence-corrected chi connectivity index (χ4v) is 5.44. The van der Waals surface area contributed by atoms with E-state index in [0.29, 0.717) is 67.9 Å². The van der Waals surface area contributed by atoms with E-state index in [1.807, 2.05) is 47.5 Å². The number of amides is 1. The summed E-state index contributed by atoms with van der Waals surface area (Å²) in [5.74, 6) is 1.22. The lowest BCUT2D eigenvalue weighted by Crippen LogP contribution is -2.38. The number of morpholine rings is 1. The van der Waals surface area contributed by atoms with Crippen molar-refractivity contribution in [2.75, 3.05) is 69.9 Å². The van der Waals surface area contributed by atoms with E-state index in [9.17, 15) is 9.59 Å². The normalized spacial score (nSPS) is 15.9. The van der Waals surface area contributed by atoms with E-state index >= 15 is 0 Å². The van der Waals surface area contributed by atoms with Crippen LogP contribution in [0.25, 0.3) is 21.4 Å². The summed E-state index contributed by atoms with van der Waals surface area (Å²) in [5, 5.41) is 1.94. The topological polar surface area (TPSA) is 75.5 Å². The number of thiophene rings is 1. The Morgan fingerprint density at radius 1 is 1.14 bits per heavy atom. The van der Waals surface area contributed by atoms with Crippen LogP contribution in [0.3, 0.4) is 0 Å². The molecule has 9 heteroatoms. The maximum Gasteiger partial charge on any atom is 0.231 e. The van der Waals surface area contributed by atoms with Crippen LogP contribution in [-0.4, -0.2) is 70.9 Å². The quantitative estimate of drug-likeness (QED) is 0.484. The second-order valence-electron chi connectivity index (χ2n) is 9.10. The summed E-state index contributed by atoms with van der Waals surface area (Å²) in [7, 11) is 3.92. The number of nitrogens with zero attached hydrogens (tertiary/aromatic N) is 3. The van der Waals surface area contributed by atoms with Gasteiger partial charge in [-0.15, -0.1) is 11.3 Å². The van der Waals surface area contributed by atoms with Crippen LogP contribution in [0.5, 0.6) is 5.75 Å². The van der Waals surface area contributed by atoms with Crippen LogP contribution < -0.4 is 20.0 Å². The zero-order valence-corrected chi connectivity index (χ0v) is 20.9. The zero-order valence-electron chi connectivity index (χ0n) is 20.0. The minimum Gasteiger partial charge on any atom is -0.490 e. The van der Waals surface area contributed by atoms with Crippen LogP contribution >= 0.6 is 11.3 Å². The first-order valence-corrected chi connectivity index (χ1v) is 12.6. The molecule has 0 unspecified atom stereocenters. The molecule has 2 aliphatic heterocycles. The van der Waals surface area contributed by atoms with Gasteiger partial charge in [-0.25, -0.2) is 0 Å². The maximum absolute atomic E-state index is 13.1. The Balaban J connectivity index is 1.49. The van der Waals surface area contributed by atoms with Crippen molar-refractivity contribution in [1.29, 1.82) is 0 Å². The first-order valence-electron chi connectivity index (χ1n) is 11.7. The number of anilines is 2. The Morgan fingerprint density at radius 3 is 2.71 bits per heavy atom. The van der Waals surface area contributed by atoms with E-state index in [2.05, 4.69) is 6.58 Å². The number of carbonyl (C=O) groups is 1. The molecule has 0 aliphatic carbocycles. The zero-order chi connectivity index (χ0) is 24.5. The van der Waals surface area contributed by atoms with Crippen LogP contribution in [0, 0.1) is 0 Å². The highest BCUT2D eigenvalue weighted by molar-refractivity contribution is 7.17. The van der Waals surface area contributed by atoms with Crippen LogP contribution in [0.15, 0.2) is 51.0 Å². The number of benzene rings is 1. The predicted molar refractivity (Wildman–Crippen MR) is 139 cm³/mol. The van der Waals surface area contributed by atoms with Crippen molar-refractivity contribution in [2.45, 2.75) is 6.42 Å². The summed E-state index contributed by atoms with van der Waals surface area (Å²) in [6.07, 6.45) is 0.279. The summed E-state index contributed by atoms with van der Waals surface area (Å²) in [4.78, 5) is 31.8. The lowest BCUT2D eigenvalue weighted by atomic mass is 10.0. The molecule has 0 bridgehead atoms. The molecule has 0 atom stereocenters. The Morgan fingerprint density at radius 2 is 1.94 bits per heavy atom. The minimum absolute atomic E-state index is 0.00476. The number of fused-ring (bicyclic) bond motifs is 2. The van der Waals surface area contributed by atoms with Crippen molar-refractivity contribution >= 4 is 39.1 Å². The minimum atomic E-state index is -0.0542. The van der Waals surface area contributed by atoms with Gasteiger partial charge in [0, 0.05) is 43.1 Å². The third-order valence-corrected chi connectivity index (χ3v) is 7.10. The summed E-state index contributed by atoms with van der Waals surface area (Å²) in [5.41, 5.74) is 3.80. The summed E-state index contributed by atoms with van der Waals surface area (Å²) >= 11 is 1.37. The number of rotatable bonds is 6. The highest BCUT2D eigenvalue weighted by Crippen LogP contribution is 2.40. The number of hydrogen-bond acceptors (Lipinski definition) is 8. The van der Waals surface area contributed by atoms with Gasteiger partial charge >= 0.3 is 0 Å².